The molecule has 178 valence electrons. The molecule has 1 heterocycles. The Morgan fingerprint density at radius 2 is 1.79 bits per heavy atom. The van der Waals surface area contributed by atoms with Crippen LogP contribution < -0.4 is 15.0 Å². The predicted molar refractivity (Wildman–Crippen MR) is 123 cm³/mol. The maximum Gasteiger partial charge on any atom is 0.325 e. The first kappa shape index (κ1) is 22.2. The number of nitrogens with zero attached hydrogens (tertiary/aromatic N) is 1. The van der Waals surface area contributed by atoms with Gasteiger partial charge in [-0.1, -0.05) is 0 Å². The van der Waals surface area contributed by atoms with E-state index in [1.165, 1.54) is 19.3 Å². The first-order valence-corrected chi connectivity index (χ1v) is 12.3. The molecule has 1 aromatic carbocycles. The molecule has 33 heavy (non-hydrogen) atoms. The molecule has 0 aromatic heterocycles. The van der Waals surface area contributed by atoms with Crippen molar-refractivity contribution in [3.63, 3.8) is 0 Å². The minimum Gasteiger partial charge on any atom is -0.497 e. The number of ether oxygens (including phenoxy) is 2. The molecule has 5 aliphatic rings. The Bertz CT molecular complexity index is 907. The largest absolute Gasteiger partial charge is 0.497 e. The van der Waals surface area contributed by atoms with E-state index in [1.807, 2.05) is 18.2 Å². The van der Waals surface area contributed by atoms with Crippen molar-refractivity contribution in [1.82, 2.24) is 5.32 Å². The Labute approximate surface area is 195 Å². The standard InChI is InChI=1S/C26H34N2O5/c1-32-21-4-5-22-20(10-21)3-2-6-28(22)24(30)16-33-25(31)15-27-23(29)14-26-11-17-7-18(12-26)9-19(8-17)13-26/h4-5,10,17-19H,2-3,6-9,11-16H2,1H3,(H,27,29). The average Bonchev–Trinajstić information content (AvgIpc) is 2.79. The summed E-state index contributed by atoms with van der Waals surface area (Å²) in [5.74, 6) is 2.24. The molecule has 0 radical (unpaired) electrons. The maximum absolute atomic E-state index is 12.7. The lowest BCUT2D eigenvalue weighted by Gasteiger charge is -2.56. The van der Waals surface area contributed by atoms with Crippen LogP contribution in [0.25, 0.3) is 0 Å². The summed E-state index contributed by atoms with van der Waals surface area (Å²) in [7, 11) is 1.62. The Balaban J connectivity index is 1.08. The summed E-state index contributed by atoms with van der Waals surface area (Å²) in [4.78, 5) is 39.2. The highest BCUT2D eigenvalue weighted by atomic mass is 16.5. The third-order valence-corrected chi connectivity index (χ3v) is 8.19. The first-order valence-electron chi connectivity index (χ1n) is 12.3. The molecular formula is C26H34N2O5. The van der Waals surface area contributed by atoms with E-state index in [4.69, 9.17) is 9.47 Å². The number of nitrogens with one attached hydrogen (secondary N) is 1. The smallest absolute Gasteiger partial charge is 0.325 e. The van der Waals surface area contributed by atoms with Crippen LogP contribution in [-0.2, 0) is 25.5 Å². The maximum atomic E-state index is 12.7. The number of amides is 2. The van der Waals surface area contributed by atoms with Gasteiger partial charge in [0.1, 0.15) is 12.3 Å². The minimum atomic E-state index is -0.575. The van der Waals surface area contributed by atoms with Gasteiger partial charge in [0.05, 0.1) is 7.11 Å². The van der Waals surface area contributed by atoms with Crippen molar-refractivity contribution in [2.45, 2.75) is 57.8 Å². The summed E-state index contributed by atoms with van der Waals surface area (Å²) < 4.78 is 10.5. The lowest BCUT2D eigenvalue weighted by Crippen LogP contribution is -2.48. The van der Waals surface area contributed by atoms with E-state index in [0.29, 0.717) is 13.0 Å². The summed E-state index contributed by atoms with van der Waals surface area (Å²) in [6.07, 6.45) is 9.75. The molecule has 7 heteroatoms. The second kappa shape index (κ2) is 8.99. The number of esters is 1. The Hall–Kier alpha value is -2.57. The summed E-state index contributed by atoms with van der Waals surface area (Å²) in [6.45, 7) is 0.0823. The van der Waals surface area contributed by atoms with Crippen LogP contribution in [0, 0.1) is 23.2 Å². The number of methoxy groups -OCH3 is 1. The second-order valence-electron chi connectivity index (χ2n) is 10.7. The van der Waals surface area contributed by atoms with Gasteiger partial charge in [-0.25, -0.2) is 0 Å². The molecule has 1 N–H and O–H groups in total. The Morgan fingerprint density at radius 3 is 2.45 bits per heavy atom. The van der Waals surface area contributed by atoms with E-state index in [9.17, 15) is 14.4 Å². The zero-order valence-electron chi connectivity index (χ0n) is 19.4. The molecule has 0 saturated heterocycles. The van der Waals surface area contributed by atoms with Gasteiger partial charge in [0, 0.05) is 18.7 Å². The van der Waals surface area contributed by atoms with Gasteiger partial charge >= 0.3 is 5.97 Å². The van der Waals surface area contributed by atoms with E-state index in [1.54, 1.807) is 12.0 Å². The number of anilines is 1. The zero-order chi connectivity index (χ0) is 23.0. The highest BCUT2D eigenvalue weighted by Crippen LogP contribution is 2.61. The van der Waals surface area contributed by atoms with Gasteiger partial charge in [0.25, 0.3) is 5.91 Å². The SMILES string of the molecule is COc1ccc2c(c1)CCCN2C(=O)COC(=O)CNC(=O)CC12CC3CC(CC(C3)C1)C2. The Kier molecular flexibility index (Phi) is 6.06. The summed E-state index contributed by atoms with van der Waals surface area (Å²) in [5, 5.41) is 2.74. The number of aryl methyl sites for hydroxylation is 1. The fourth-order valence-corrected chi connectivity index (χ4v) is 7.31. The van der Waals surface area contributed by atoms with E-state index >= 15 is 0 Å². The molecule has 1 aliphatic heterocycles. The van der Waals surface area contributed by atoms with Crippen molar-refractivity contribution < 1.29 is 23.9 Å². The number of rotatable bonds is 7. The van der Waals surface area contributed by atoms with E-state index in [-0.39, 0.29) is 30.4 Å². The molecule has 4 bridgehead atoms. The van der Waals surface area contributed by atoms with Gasteiger partial charge in [-0.15, -0.1) is 0 Å². The lowest BCUT2D eigenvalue weighted by molar-refractivity contribution is -0.148. The highest BCUT2D eigenvalue weighted by Gasteiger charge is 2.51. The topological polar surface area (TPSA) is 84.9 Å². The monoisotopic (exact) mass is 454 g/mol. The normalized spacial score (nSPS) is 29.4. The molecule has 4 fully saturated rings. The van der Waals surface area contributed by atoms with Gasteiger partial charge < -0.3 is 19.7 Å². The van der Waals surface area contributed by atoms with E-state index < -0.39 is 5.97 Å². The van der Waals surface area contributed by atoms with Crippen LogP contribution in [0.4, 0.5) is 5.69 Å². The summed E-state index contributed by atoms with van der Waals surface area (Å²) in [6, 6.07) is 5.65. The van der Waals surface area contributed by atoms with Crippen LogP contribution in [0.3, 0.4) is 0 Å². The van der Waals surface area contributed by atoms with Gasteiger partial charge in [-0.3, -0.25) is 14.4 Å². The van der Waals surface area contributed by atoms with Gasteiger partial charge in [0.15, 0.2) is 6.61 Å². The van der Waals surface area contributed by atoms with Crippen molar-refractivity contribution in [3.8, 4) is 5.75 Å². The number of hydrogen-bond donors (Lipinski definition) is 1. The number of carbonyl (C=O) groups excluding carboxylic acids is 3. The fraction of sp³-hybridized carbons (Fsp3) is 0.654. The predicted octanol–water partition coefficient (Wildman–Crippen LogP) is 3.24. The zero-order valence-corrected chi connectivity index (χ0v) is 19.4. The Morgan fingerprint density at radius 1 is 1.09 bits per heavy atom. The highest BCUT2D eigenvalue weighted by molar-refractivity contribution is 5.96. The lowest BCUT2D eigenvalue weighted by atomic mass is 9.49. The molecule has 0 unspecified atom stereocenters. The van der Waals surface area contributed by atoms with Crippen LogP contribution in [0.2, 0.25) is 0 Å². The van der Waals surface area contributed by atoms with Crippen LogP contribution in [0.1, 0.15) is 56.9 Å². The van der Waals surface area contributed by atoms with E-state index in [2.05, 4.69) is 5.32 Å². The number of fused-ring (bicyclic) bond motifs is 1. The quantitative estimate of drug-likeness (QED) is 0.640. The molecular weight excluding hydrogens is 420 g/mol. The molecule has 4 saturated carbocycles. The van der Waals surface area contributed by atoms with Crippen LogP contribution >= 0.6 is 0 Å². The van der Waals surface area contributed by atoms with Crippen LogP contribution in [0.5, 0.6) is 5.75 Å². The molecule has 7 nitrogen and oxygen atoms in total. The van der Waals surface area contributed by atoms with Crippen molar-refractivity contribution >= 4 is 23.5 Å². The van der Waals surface area contributed by atoms with Crippen molar-refractivity contribution in [2.75, 3.05) is 31.7 Å². The van der Waals surface area contributed by atoms with Crippen molar-refractivity contribution in [3.05, 3.63) is 23.8 Å². The molecule has 0 spiro atoms. The molecule has 1 aromatic rings. The second-order valence-corrected chi connectivity index (χ2v) is 10.7. The van der Waals surface area contributed by atoms with Gasteiger partial charge in [-0.2, -0.15) is 0 Å². The summed E-state index contributed by atoms with van der Waals surface area (Å²) >= 11 is 0. The number of hydrogen-bond acceptors (Lipinski definition) is 5. The fourth-order valence-electron chi connectivity index (χ4n) is 7.31. The van der Waals surface area contributed by atoms with Crippen LogP contribution in [0.15, 0.2) is 18.2 Å². The summed E-state index contributed by atoms with van der Waals surface area (Å²) in [5.41, 5.74) is 2.03. The van der Waals surface area contributed by atoms with Gasteiger partial charge in [-0.05, 0) is 98.3 Å². The molecule has 4 aliphatic carbocycles. The number of carbonyl (C=O) groups is 3. The first-order chi connectivity index (χ1) is 15.9. The minimum absolute atomic E-state index is 0.0702. The number of benzene rings is 1. The molecule has 0 atom stereocenters. The van der Waals surface area contributed by atoms with Crippen LogP contribution in [-0.4, -0.2) is 44.6 Å². The third kappa shape index (κ3) is 4.73. The average molecular weight is 455 g/mol. The van der Waals surface area contributed by atoms with Gasteiger partial charge in [0.2, 0.25) is 5.91 Å². The van der Waals surface area contributed by atoms with E-state index in [0.717, 1.165) is 66.9 Å². The molecule has 6 rings (SSSR count). The molecule has 2 amide bonds. The third-order valence-electron chi connectivity index (χ3n) is 8.19. The van der Waals surface area contributed by atoms with Crippen molar-refractivity contribution in [1.29, 1.82) is 0 Å². The van der Waals surface area contributed by atoms with Crippen molar-refractivity contribution in [2.24, 2.45) is 23.2 Å².